The number of hydrogen-bond donors (Lipinski definition) is 0. The van der Waals surface area contributed by atoms with Gasteiger partial charge in [-0.2, -0.15) is 4.98 Å². The van der Waals surface area contributed by atoms with Crippen LogP contribution in [0.25, 0.3) is 11.4 Å². The van der Waals surface area contributed by atoms with E-state index in [-0.39, 0.29) is 11.9 Å². The number of likely N-dealkylation sites (tertiary alicyclic amines) is 1. The highest BCUT2D eigenvalue weighted by molar-refractivity contribution is 5.94. The molecule has 0 saturated carbocycles. The maximum Gasteiger partial charge on any atom is 0.256 e. The first-order valence-corrected chi connectivity index (χ1v) is 8.87. The molecule has 1 saturated heterocycles. The molecule has 0 bridgehead atoms. The van der Waals surface area contributed by atoms with E-state index in [1.165, 1.54) is 0 Å². The molecule has 3 heterocycles. The molecule has 1 aliphatic rings. The zero-order valence-corrected chi connectivity index (χ0v) is 15.3. The van der Waals surface area contributed by atoms with Crippen LogP contribution in [0.1, 0.15) is 40.8 Å². The summed E-state index contributed by atoms with van der Waals surface area (Å²) in [6.45, 7) is 2.56. The lowest BCUT2D eigenvalue weighted by molar-refractivity contribution is 0.0709. The van der Waals surface area contributed by atoms with Crippen LogP contribution in [0.4, 0.5) is 0 Å². The number of aromatic nitrogens is 3. The topological polar surface area (TPSA) is 81.4 Å². The number of amides is 1. The highest BCUT2D eigenvalue weighted by Gasteiger charge is 2.34. The van der Waals surface area contributed by atoms with Crippen molar-refractivity contribution in [2.75, 3.05) is 13.7 Å². The lowest BCUT2D eigenvalue weighted by Gasteiger charge is -2.21. The van der Waals surface area contributed by atoms with Crippen LogP contribution in [0.3, 0.4) is 0 Å². The molecule has 0 unspecified atom stereocenters. The molecule has 7 nitrogen and oxygen atoms in total. The second-order valence-electron chi connectivity index (χ2n) is 6.53. The van der Waals surface area contributed by atoms with Crippen molar-refractivity contribution in [1.29, 1.82) is 0 Å². The van der Waals surface area contributed by atoms with Gasteiger partial charge >= 0.3 is 0 Å². The first-order valence-electron chi connectivity index (χ1n) is 8.87. The first-order chi connectivity index (χ1) is 13.2. The number of ether oxygens (including phenoxy) is 1. The second-order valence-corrected chi connectivity index (χ2v) is 6.53. The molecular weight excluding hydrogens is 344 g/mol. The molecule has 0 spiro atoms. The predicted molar refractivity (Wildman–Crippen MR) is 98.3 cm³/mol. The van der Waals surface area contributed by atoms with E-state index in [2.05, 4.69) is 15.1 Å². The Bertz CT molecular complexity index is 935. The lowest BCUT2D eigenvalue weighted by Crippen LogP contribution is -2.30. The van der Waals surface area contributed by atoms with Gasteiger partial charge in [0.1, 0.15) is 11.8 Å². The van der Waals surface area contributed by atoms with Crippen molar-refractivity contribution in [1.82, 2.24) is 20.0 Å². The van der Waals surface area contributed by atoms with Crippen LogP contribution in [-0.2, 0) is 0 Å². The Morgan fingerprint density at radius 3 is 2.74 bits per heavy atom. The lowest BCUT2D eigenvalue weighted by atomic mass is 10.2. The van der Waals surface area contributed by atoms with Crippen LogP contribution in [0.2, 0.25) is 0 Å². The van der Waals surface area contributed by atoms with E-state index in [1.807, 2.05) is 37.3 Å². The van der Waals surface area contributed by atoms with Gasteiger partial charge in [-0.3, -0.25) is 9.78 Å². The van der Waals surface area contributed by atoms with Gasteiger partial charge in [-0.05, 0) is 56.2 Å². The van der Waals surface area contributed by atoms with E-state index >= 15 is 0 Å². The Kier molecular flexibility index (Phi) is 4.58. The van der Waals surface area contributed by atoms with E-state index in [1.54, 1.807) is 24.3 Å². The summed E-state index contributed by atoms with van der Waals surface area (Å²) < 4.78 is 10.7. The maximum absolute atomic E-state index is 12.9. The van der Waals surface area contributed by atoms with Crippen molar-refractivity contribution in [3.8, 4) is 17.1 Å². The summed E-state index contributed by atoms with van der Waals surface area (Å²) in [5.74, 6) is 1.67. The average Bonchev–Trinajstić information content (AvgIpc) is 3.37. The summed E-state index contributed by atoms with van der Waals surface area (Å²) in [5.41, 5.74) is 2.29. The normalized spacial score (nSPS) is 16.5. The van der Waals surface area contributed by atoms with Crippen LogP contribution < -0.4 is 4.74 Å². The summed E-state index contributed by atoms with van der Waals surface area (Å²) in [4.78, 5) is 23.4. The van der Waals surface area contributed by atoms with Crippen LogP contribution in [0.5, 0.6) is 5.75 Å². The standard InChI is InChI=1S/C20H20N4O3/c1-13-5-6-15(12-21-13)20(25)24-11-3-4-17(24)19-22-18(23-27-19)14-7-9-16(26-2)10-8-14/h5-10,12,17H,3-4,11H2,1-2H3/t17-/m0/s1. The van der Waals surface area contributed by atoms with E-state index in [0.717, 1.165) is 29.8 Å². The molecule has 1 amide bonds. The molecule has 3 aromatic rings. The zero-order valence-electron chi connectivity index (χ0n) is 15.3. The molecule has 1 aromatic carbocycles. The SMILES string of the molecule is COc1ccc(-c2noc([C@@H]3CCCN3C(=O)c3ccc(C)nc3)n2)cc1. The van der Waals surface area contributed by atoms with Crippen LogP contribution in [0.15, 0.2) is 47.1 Å². The number of aryl methyl sites for hydroxylation is 1. The molecule has 2 aromatic heterocycles. The van der Waals surface area contributed by atoms with E-state index < -0.39 is 0 Å². The van der Waals surface area contributed by atoms with Gasteiger partial charge in [0.25, 0.3) is 5.91 Å². The largest absolute Gasteiger partial charge is 0.497 e. The Labute approximate surface area is 157 Å². The summed E-state index contributed by atoms with van der Waals surface area (Å²) in [6.07, 6.45) is 3.31. The fourth-order valence-electron chi connectivity index (χ4n) is 3.25. The summed E-state index contributed by atoms with van der Waals surface area (Å²) >= 11 is 0. The van der Waals surface area contributed by atoms with Gasteiger partial charge in [0.05, 0.1) is 12.7 Å². The summed E-state index contributed by atoms with van der Waals surface area (Å²) in [5, 5.41) is 4.09. The molecule has 7 heteroatoms. The summed E-state index contributed by atoms with van der Waals surface area (Å²) in [6, 6.07) is 10.9. The molecular formula is C20H20N4O3. The molecule has 0 aliphatic carbocycles. The van der Waals surface area contributed by atoms with Crippen LogP contribution in [-0.4, -0.2) is 39.6 Å². The van der Waals surface area contributed by atoms with Crippen molar-refractivity contribution >= 4 is 5.91 Å². The number of carbonyl (C=O) groups is 1. The zero-order chi connectivity index (χ0) is 18.8. The van der Waals surface area contributed by atoms with Gasteiger partial charge in [-0.25, -0.2) is 0 Å². The molecule has 1 fully saturated rings. The van der Waals surface area contributed by atoms with Crippen LogP contribution >= 0.6 is 0 Å². The van der Waals surface area contributed by atoms with Gasteiger partial charge in [-0.15, -0.1) is 0 Å². The highest BCUT2D eigenvalue weighted by Crippen LogP contribution is 2.33. The Morgan fingerprint density at radius 2 is 2.04 bits per heavy atom. The van der Waals surface area contributed by atoms with Gasteiger partial charge in [0.2, 0.25) is 11.7 Å². The van der Waals surface area contributed by atoms with E-state index in [4.69, 9.17) is 9.26 Å². The predicted octanol–water partition coefficient (Wildman–Crippen LogP) is 3.43. The third-order valence-electron chi connectivity index (χ3n) is 4.75. The van der Waals surface area contributed by atoms with Crippen molar-refractivity contribution in [2.24, 2.45) is 0 Å². The fourth-order valence-corrected chi connectivity index (χ4v) is 3.25. The van der Waals surface area contributed by atoms with Crippen molar-refractivity contribution < 1.29 is 14.1 Å². The van der Waals surface area contributed by atoms with Crippen LogP contribution in [0, 0.1) is 6.92 Å². The van der Waals surface area contributed by atoms with E-state index in [0.29, 0.717) is 23.8 Å². The molecule has 0 radical (unpaired) electrons. The number of rotatable bonds is 4. The molecule has 27 heavy (non-hydrogen) atoms. The second kappa shape index (κ2) is 7.19. The van der Waals surface area contributed by atoms with E-state index in [9.17, 15) is 4.79 Å². The number of hydrogen-bond acceptors (Lipinski definition) is 6. The van der Waals surface area contributed by atoms with Gasteiger partial charge in [-0.1, -0.05) is 5.16 Å². The molecule has 1 atom stereocenters. The Hall–Kier alpha value is -3.22. The minimum atomic E-state index is -0.210. The smallest absolute Gasteiger partial charge is 0.256 e. The summed E-state index contributed by atoms with van der Waals surface area (Å²) in [7, 11) is 1.62. The van der Waals surface area contributed by atoms with Crippen molar-refractivity contribution in [3.05, 3.63) is 59.7 Å². The van der Waals surface area contributed by atoms with Gasteiger partial charge in [0.15, 0.2) is 0 Å². The number of methoxy groups -OCH3 is 1. The monoisotopic (exact) mass is 364 g/mol. The van der Waals surface area contributed by atoms with Crippen molar-refractivity contribution in [2.45, 2.75) is 25.8 Å². The van der Waals surface area contributed by atoms with Gasteiger partial charge < -0.3 is 14.2 Å². The number of benzene rings is 1. The number of carbonyl (C=O) groups excluding carboxylic acids is 1. The Balaban J connectivity index is 1.56. The highest BCUT2D eigenvalue weighted by atomic mass is 16.5. The third kappa shape index (κ3) is 3.40. The third-order valence-corrected chi connectivity index (χ3v) is 4.75. The molecule has 138 valence electrons. The minimum absolute atomic E-state index is 0.0609. The van der Waals surface area contributed by atoms with Gasteiger partial charge in [0, 0.05) is 24.0 Å². The molecule has 0 N–H and O–H groups in total. The first kappa shape index (κ1) is 17.2. The number of pyridine rings is 1. The minimum Gasteiger partial charge on any atom is -0.497 e. The molecule has 1 aliphatic heterocycles. The quantitative estimate of drug-likeness (QED) is 0.705. The average molecular weight is 364 g/mol. The maximum atomic E-state index is 12.9. The molecule has 4 rings (SSSR count). The van der Waals surface area contributed by atoms with Crippen molar-refractivity contribution in [3.63, 3.8) is 0 Å². The fraction of sp³-hybridized carbons (Fsp3) is 0.300. The number of nitrogens with zero attached hydrogens (tertiary/aromatic N) is 4. The Morgan fingerprint density at radius 1 is 1.22 bits per heavy atom.